The summed E-state index contributed by atoms with van der Waals surface area (Å²) in [6.07, 6.45) is 2.09. The SMILES string of the molecule is CC(NC(=O)OCC1c2ccccc2-c2ccccc21)C(C)C(=O)N[C@H]1CCC[C@@H](C(=O)O)C1. The van der Waals surface area contributed by atoms with E-state index in [2.05, 4.69) is 34.9 Å². The fourth-order valence-corrected chi connectivity index (χ4v) is 5.06. The Morgan fingerprint density at radius 3 is 2.24 bits per heavy atom. The van der Waals surface area contributed by atoms with Gasteiger partial charge in [0, 0.05) is 18.0 Å². The first-order chi connectivity index (χ1) is 16.3. The van der Waals surface area contributed by atoms with Gasteiger partial charge >= 0.3 is 12.1 Å². The van der Waals surface area contributed by atoms with Gasteiger partial charge in [0.2, 0.25) is 5.91 Å². The van der Waals surface area contributed by atoms with Crippen molar-refractivity contribution in [2.24, 2.45) is 11.8 Å². The summed E-state index contributed by atoms with van der Waals surface area (Å²) in [5, 5.41) is 15.0. The lowest BCUT2D eigenvalue weighted by Gasteiger charge is -2.29. The van der Waals surface area contributed by atoms with Crippen LogP contribution in [0.5, 0.6) is 0 Å². The van der Waals surface area contributed by atoms with Gasteiger partial charge in [0.15, 0.2) is 0 Å². The number of carboxylic acids is 1. The maximum Gasteiger partial charge on any atom is 0.407 e. The Balaban J connectivity index is 1.29. The number of fused-ring (bicyclic) bond motifs is 3. The van der Waals surface area contributed by atoms with Gasteiger partial charge in [-0.1, -0.05) is 61.9 Å². The number of carbonyl (C=O) groups excluding carboxylic acids is 2. The minimum absolute atomic E-state index is 0.0253. The molecule has 180 valence electrons. The van der Waals surface area contributed by atoms with E-state index in [9.17, 15) is 19.5 Å². The molecule has 2 aliphatic carbocycles. The highest BCUT2D eigenvalue weighted by Crippen LogP contribution is 2.44. The van der Waals surface area contributed by atoms with Crippen molar-refractivity contribution in [1.29, 1.82) is 0 Å². The number of hydrogen-bond acceptors (Lipinski definition) is 4. The molecule has 3 N–H and O–H groups in total. The third-order valence-corrected chi connectivity index (χ3v) is 7.22. The Labute approximate surface area is 199 Å². The summed E-state index contributed by atoms with van der Waals surface area (Å²) in [5.41, 5.74) is 4.62. The van der Waals surface area contributed by atoms with Gasteiger partial charge < -0.3 is 20.5 Å². The Kier molecular flexibility index (Phi) is 7.20. The summed E-state index contributed by atoms with van der Waals surface area (Å²) in [7, 11) is 0. The standard InChI is InChI=1S/C27H32N2O5/c1-16(25(30)29-19-9-7-8-18(14-19)26(31)32)17(2)28-27(33)34-15-24-22-12-5-3-10-20(22)21-11-4-6-13-23(21)24/h3-6,10-13,16-19,24H,7-9,14-15H2,1-2H3,(H,28,33)(H,29,30)(H,31,32)/t16?,17?,18-,19+/m1/s1. The molecule has 1 fully saturated rings. The summed E-state index contributed by atoms with van der Waals surface area (Å²) in [6.45, 7) is 3.74. The van der Waals surface area contributed by atoms with Gasteiger partial charge in [-0.25, -0.2) is 4.79 Å². The average Bonchev–Trinajstić information content (AvgIpc) is 3.16. The lowest BCUT2D eigenvalue weighted by atomic mass is 9.85. The number of nitrogens with one attached hydrogen (secondary N) is 2. The van der Waals surface area contributed by atoms with Gasteiger partial charge in [0.1, 0.15) is 6.61 Å². The molecule has 7 nitrogen and oxygen atoms in total. The van der Waals surface area contributed by atoms with E-state index in [0.29, 0.717) is 12.8 Å². The predicted octanol–water partition coefficient (Wildman–Crippen LogP) is 4.31. The van der Waals surface area contributed by atoms with Gasteiger partial charge in [-0.05, 0) is 48.4 Å². The highest BCUT2D eigenvalue weighted by molar-refractivity contribution is 5.81. The molecule has 2 unspecified atom stereocenters. The van der Waals surface area contributed by atoms with E-state index in [1.54, 1.807) is 13.8 Å². The molecule has 0 spiro atoms. The molecule has 0 aliphatic heterocycles. The summed E-state index contributed by atoms with van der Waals surface area (Å²) in [5.74, 6) is -1.92. The molecule has 4 atom stereocenters. The normalized spacial score (nSPS) is 21.0. The fraction of sp³-hybridized carbons (Fsp3) is 0.444. The number of alkyl carbamates (subject to hydrolysis) is 1. The van der Waals surface area contributed by atoms with E-state index in [0.717, 1.165) is 24.0 Å². The maximum absolute atomic E-state index is 12.7. The second-order valence-corrected chi connectivity index (χ2v) is 9.45. The molecule has 2 amide bonds. The van der Waals surface area contributed by atoms with Crippen molar-refractivity contribution in [3.8, 4) is 11.1 Å². The largest absolute Gasteiger partial charge is 0.481 e. The molecule has 0 heterocycles. The summed E-state index contributed by atoms with van der Waals surface area (Å²) in [4.78, 5) is 36.5. The second-order valence-electron chi connectivity index (χ2n) is 9.45. The van der Waals surface area contributed by atoms with Crippen LogP contribution in [0, 0.1) is 11.8 Å². The van der Waals surface area contributed by atoms with Gasteiger partial charge in [-0.3, -0.25) is 9.59 Å². The van der Waals surface area contributed by atoms with Crippen LogP contribution in [-0.2, 0) is 14.3 Å². The molecular formula is C27H32N2O5. The minimum Gasteiger partial charge on any atom is -0.481 e. The zero-order chi connectivity index (χ0) is 24.2. The van der Waals surface area contributed by atoms with Gasteiger partial charge in [-0.15, -0.1) is 0 Å². The van der Waals surface area contributed by atoms with Crippen molar-refractivity contribution >= 4 is 18.0 Å². The molecule has 4 rings (SSSR count). The Bertz CT molecular complexity index is 1020. The molecule has 1 saturated carbocycles. The van der Waals surface area contributed by atoms with E-state index >= 15 is 0 Å². The lowest BCUT2D eigenvalue weighted by Crippen LogP contribution is -2.48. The van der Waals surface area contributed by atoms with Crippen molar-refractivity contribution in [2.75, 3.05) is 6.61 Å². The fourth-order valence-electron chi connectivity index (χ4n) is 5.06. The number of amides is 2. The molecule has 2 aromatic carbocycles. The Morgan fingerprint density at radius 2 is 1.62 bits per heavy atom. The summed E-state index contributed by atoms with van der Waals surface area (Å²) < 4.78 is 5.58. The molecule has 34 heavy (non-hydrogen) atoms. The zero-order valence-corrected chi connectivity index (χ0v) is 19.6. The highest BCUT2D eigenvalue weighted by Gasteiger charge is 2.31. The van der Waals surface area contributed by atoms with E-state index in [4.69, 9.17) is 4.74 Å². The molecule has 0 radical (unpaired) electrons. The minimum atomic E-state index is -0.808. The van der Waals surface area contributed by atoms with Crippen LogP contribution in [-0.4, -0.2) is 41.8 Å². The van der Waals surface area contributed by atoms with E-state index < -0.39 is 29.9 Å². The first kappa shape index (κ1) is 23.8. The average molecular weight is 465 g/mol. The first-order valence-electron chi connectivity index (χ1n) is 12.0. The highest BCUT2D eigenvalue weighted by atomic mass is 16.5. The van der Waals surface area contributed by atoms with Crippen LogP contribution in [0.25, 0.3) is 11.1 Å². The molecule has 0 aromatic heterocycles. The van der Waals surface area contributed by atoms with Crippen molar-refractivity contribution in [3.63, 3.8) is 0 Å². The maximum atomic E-state index is 12.7. The monoisotopic (exact) mass is 464 g/mol. The topological polar surface area (TPSA) is 105 Å². The number of carboxylic acid groups (broad SMARTS) is 1. The van der Waals surface area contributed by atoms with Crippen LogP contribution in [0.4, 0.5) is 4.79 Å². The number of carbonyl (C=O) groups is 3. The van der Waals surface area contributed by atoms with E-state index in [1.807, 2.05) is 24.3 Å². The number of aliphatic carboxylic acids is 1. The smallest absolute Gasteiger partial charge is 0.407 e. The Morgan fingerprint density at radius 1 is 1.00 bits per heavy atom. The third kappa shape index (κ3) is 5.08. The van der Waals surface area contributed by atoms with Crippen LogP contribution >= 0.6 is 0 Å². The Hall–Kier alpha value is -3.35. The number of rotatable bonds is 7. The molecule has 2 aromatic rings. The first-order valence-corrected chi connectivity index (χ1v) is 12.0. The molecule has 2 aliphatic rings. The van der Waals surface area contributed by atoms with Crippen LogP contribution < -0.4 is 10.6 Å². The number of hydrogen-bond donors (Lipinski definition) is 3. The molecule has 7 heteroatoms. The van der Waals surface area contributed by atoms with Crippen molar-refractivity contribution in [1.82, 2.24) is 10.6 Å². The van der Waals surface area contributed by atoms with Crippen LogP contribution in [0.15, 0.2) is 48.5 Å². The summed E-state index contributed by atoms with van der Waals surface area (Å²) in [6, 6.07) is 15.7. The van der Waals surface area contributed by atoms with Crippen LogP contribution in [0.2, 0.25) is 0 Å². The van der Waals surface area contributed by atoms with Crippen molar-refractivity contribution in [3.05, 3.63) is 59.7 Å². The number of ether oxygens (including phenoxy) is 1. The van der Waals surface area contributed by atoms with Gasteiger partial charge in [0.05, 0.1) is 11.8 Å². The number of benzene rings is 2. The lowest BCUT2D eigenvalue weighted by molar-refractivity contribution is -0.143. The second kappa shape index (κ2) is 10.3. The van der Waals surface area contributed by atoms with Crippen molar-refractivity contribution < 1.29 is 24.2 Å². The zero-order valence-electron chi connectivity index (χ0n) is 19.6. The van der Waals surface area contributed by atoms with E-state index in [1.165, 1.54) is 11.1 Å². The summed E-state index contributed by atoms with van der Waals surface area (Å²) >= 11 is 0. The molecule has 0 saturated heterocycles. The quantitative estimate of drug-likeness (QED) is 0.566. The van der Waals surface area contributed by atoms with Crippen molar-refractivity contribution in [2.45, 2.75) is 57.5 Å². The van der Waals surface area contributed by atoms with Crippen LogP contribution in [0.1, 0.15) is 56.6 Å². The van der Waals surface area contributed by atoms with E-state index in [-0.39, 0.29) is 24.5 Å². The van der Waals surface area contributed by atoms with Crippen LogP contribution in [0.3, 0.4) is 0 Å². The van der Waals surface area contributed by atoms with Gasteiger partial charge in [0.25, 0.3) is 0 Å². The van der Waals surface area contributed by atoms with Gasteiger partial charge in [-0.2, -0.15) is 0 Å². The molecule has 0 bridgehead atoms. The molecular weight excluding hydrogens is 432 g/mol. The third-order valence-electron chi connectivity index (χ3n) is 7.22. The predicted molar refractivity (Wildman–Crippen MR) is 128 cm³/mol.